The molecule has 3 aliphatic heterocycles. The number of nitrogens with two attached hydrogens (primary N) is 1. The molecule has 0 aromatic carbocycles. The molecule has 0 amide bonds. The molecule has 56 heavy (non-hydrogen) atoms. The van der Waals surface area contributed by atoms with E-state index in [4.69, 9.17) is 39.9 Å². The van der Waals surface area contributed by atoms with Crippen molar-refractivity contribution in [2.24, 2.45) is 17.6 Å². The van der Waals surface area contributed by atoms with Crippen LogP contribution in [0, 0.1) is 11.8 Å². The Bertz CT molecular complexity index is 2030. The SMILES string of the molecule is C.C1=C(C2CCOCC2)c2c(ncc3nc(C4CCC(N5CCOCC5)CC4)cn23)C1.NC1CCC(c2cn3c4c(ncc3n2)CC=C4C2CCOCC2)CC1. The molecule has 4 aromatic rings. The van der Waals surface area contributed by atoms with Gasteiger partial charge in [-0.25, -0.2) is 9.97 Å². The largest absolute Gasteiger partial charge is 0.381 e. The zero-order valence-electron chi connectivity index (χ0n) is 32.4. The fourth-order valence-corrected chi connectivity index (χ4v) is 10.8. The zero-order valence-corrected chi connectivity index (χ0v) is 32.4. The third-order valence-electron chi connectivity index (χ3n) is 14.0. The second-order valence-electron chi connectivity index (χ2n) is 17.2. The second-order valence-corrected chi connectivity index (χ2v) is 17.2. The Morgan fingerprint density at radius 1 is 0.536 bits per heavy atom. The first kappa shape index (κ1) is 38.1. The van der Waals surface area contributed by atoms with Crippen LogP contribution >= 0.6 is 0 Å². The van der Waals surface area contributed by atoms with Gasteiger partial charge in [-0.3, -0.25) is 23.7 Å². The van der Waals surface area contributed by atoms with Gasteiger partial charge in [0.2, 0.25) is 0 Å². The fourth-order valence-electron chi connectivity index (χ4n) is 10.8. The highest BCUT2D eigenvalue weighted by atomic mass is 16.5. The van der Waals surface area contributed by atoms with Crippen LogP contribution in [0.2, 0.25) is 0 Å². The van der Waals surface area contributed by atoms with E-state index in [1.165, 1.54) is 71.0 Å². The molecule has 4 aliphatic carbocycles. The van der Waals surface area contributed by atoms with E-state index in [2.05, 4.69) is 38.2 Å². The first-order valence-corrected chi connectivity index (χ1v) is 21.5. The van der Waals surface area contributed by atoms with Crippen molar-refractivity contribution in [2.75, 3.05) is 52.7 Å². The van der Waals surface area contributed by atoms with Crippen molar-refractivity contribution in [1.29, 1.82) is 0 Å². The maximum atomic E-state index is 6.07. The maximum absolute atomic E-state index is 6.07. The Labute approximate surface area is 332 Å². The average molecular weight is 763 g/mol. The molecule has 0 unspecified atom stereocenters. The number of rotatable bonds is 5. The molecular formula is C45H62N8O3. The van der Waals surface area contributed by atoms with E-state index in [1.54, 1.807) is 0 Å². The van der Waals surface area contributed by atoms with Gasteiger partial charge in [0.05, 0.1) is 59.8 Å². The van der Waals surface area contributed by atoms with Crippen LogP contribution in [-0.4, -0.2) is 98.5 Å². The van der Waals surface area contributed by atoms with Gasteiger partial charge in [0.15, 0.2) is 11.3 Å². The van der Waals surface area contributed by atoms with E-state index < -0.39 is 0 Å². The molecule has 0 bridgehead atoms. The lowest BCUT2D eigenvalue weighted by atomic mass is 9.83. The van der Waals surface area contributed by atoms with E-state index >= 15 is 0 Å². The fraction of sp³-hybridized carbons (Fsp3) is 0.644. The summed E-state index contributed by atoms with van der Waals surface area (Å²) in [5.41, 5.74) is 18.5. The normalized spacial score (nSPS) is 27.6. The minimum atomic E-state index is 0. The highest BCUT2D eigenvalue weighted by molar-refractivity contribution is 5.74. The Morgan fingerprint density at radius 3 is 1.46 bits per heavy atom. The Morgan fingerprint density at radius 2 is 0.982 bits per heavy atom. The Hall–Kier alpha value is -3.48. The number of hydrogen-bond acceptors (Lipinski definition) is 9. The van der Waals surface area contributed by atoms with Gasteiger partial charge in [-0.1, -0.05) is 19.6 Å². The van der Waals surface area contributed by atoms with Gasteiger partial charge in [0.25, 0.3) is 0 Å². The third-order valence-corrected chi connectivity index (χ3v) is 14.0. The summed E-state index contributed by atoms with van der Waals surface area (Å²) in [5, 5.41) is 0. The van der Waals surface area contributed by atoms with Crippen LogP contribution in [0.3, 0.4) is 0 Å². The summed E-state index contributed by atoms with van der Waals surface area (Å²) in [6.07, 6.45) is 29.3. The number of allylic oxidation sites excluding steroid dienone is 4. The number of morpholine rings is 1. The maximum Gasteiger partial charge on any atom is 0.156 e. The minimum Gasteiger partial charge on any atom is -0.381 e. The van der Waals surface area contributed by atoms with E-state index in [9.17, 15) is 0 Å². The molecule has 2 saturated carbocycles. The zero-order chi connectivity index (χ0) is 36.7. The topological polar surface area (TPSA) is 117 Å². The number of hydrogen-bond donors (Lipinski definition) is 1. The summed E-state index contributed by atoms with van der Waals surface area (Å²) >= 11 is 0. The molecule has 0 radical (unpaired) electrons. The van der Waals surface area contributed by atoms with Crippen LogP contribution in [0.1, 0.15) is 130 Å². The third kappa shape index (κ3) is 7.50. The van der Waals surface area contributed by atoms with Gasteiger partial charge < -0.3 is 19.9 Å². The van der Waals surface area contributed by atoms with E-state index in [0.29, 0.717) is 29.7 Å². The van der Waals surface area contributed by atoms with E-state index in [1.807, 2.05) is 12.4 Å². The molecule has 11 rings (SSSR count). The number of fused-ring (bicyclic) bond motifs is 6. The standard InChI is InChI=1S/C24H32N4O2.C20H26N4O.CH4/c1-3-19(27-9-13-30-14-10-27)4-2-18(1)22-16-28-23(26-22)15-25-21-6-5-20(24(21)28)17-7-11-29-12-8-17;21-15-3-1-14(2-4-15)18-12-24-19(23-18)11-22-17-6-5-16(20(17)24)13-7-9-25-10-8-13;/h5,15-19H,1-4,6-14H2;5,11-15H,1-4,6-10,21H2;1H4. The highest BCUT2D eigenvalue weighted by Gasteiger charge is 2.32. The lowest BCUT2D eigenvalue weighted by Crippen LogP contribution is -2.44. The number of nitrogens with zero attached hydrogens (tertiary/aromatic N) is 7. The van der Waals surface area contributed by atoms with Gasteiger partial charge in [0.1, 0.15) is 0 Å². The molecule has 11 nitrogen and oxygen atoms in total. The van der Waals surface area contributed by atoms with Crippen LogP contribution in [0.5, 0.6) is 0 Å². The van der Waals surface area contributed by atoms with Crippen LogP contribution in [-0.2, 0) is 27.1 Å². The summed E-state index contributed by atoms with van der Waals surface area (Å²) in [6.45, 7) is 7.49. The molecule has 4 aromatic heterocycles. The van der Waals surface area contributed by atoms with Crippen molar-refractivity contribution in [3.63, 3.8) is 0 Å². The summed E-state index contributed by atoms with van der Waals surface area (Å²) in [4.78, 5) is 22.1. The van der Waals surface area contributed by atoms with Crippen molar-refractivity contribution in [1.82, 2.24) is 33.6 Å². The van der Waals surface area contributed by atoms with E-state index in [0.717, 1.165) is 134 Å². The van der Waals surface area contributed by atoms with Crippen molar-refractivity contribution in [2.45, 2.75) is 121 Å². The van der Waals surface area contributed by atoms with Crippen molar-refractivity contribution in [3.8, 4) is 0 Å². The molecule has 7 aliphatic rings. The first-order chi connectivity index (χ1) is 27.2. The molecule has 7 heterocycles. The molecule has 2 N–H and O–H groups in total. The lowest BCUT2D eigenvalue weighted by Gasteiger charge is -2.38. The summed E-state index contributed by atoms with van der Waals surface area (Å²) in [6, 6.07) is 1.11. The Balaban J connectivity index is 0.000000146. The van der Waals surface area contributed by atoms with Crippen LogP contribution in [0.15, 0.2) is 36.9 Å². The summed E-state index contributed by atoms with van der Waals surface area (Å²) in [5.74, 6) is 2.32. The van der Waals surface area contributed by atoms with Gasteiger partial charge in [-0.05, 0) is 100 Å². The van der Waals surface area contributed by atoms with Gasteiger partial charge in [-0.15, -0.1) is 0 Å². The van der Waals surface area contributed by atoms with Crippen LogP contribution < -0.4 is 5.73 Å². The summed E-state index contributed by atoms with van der Waals surface area (Å²) in [7, 11) is 0. The van der Waals surface area contributed by atoms with Crippen molar-refractivity contribution >= 4 is 22.4 Å². The van der Waals surface area contributed by atoms with Gasteiger partial charge in [-0.2, -0.15) is 0 Å². The van der Waals surface area contributed by atoms with Crippen LogP contribution in [0.25, 0.3) is 22.4 Å². The number of aromatic nitrogens is 6. The summed E-state index contributed by atoms with van der Waals surface area (Å²) < 4.78 is 21.3. The predicted molar refractivity (Wildman–Crippen MR) is 220 cm³/mol. The lowest BCUT2D eigenvalue weighted by molar-refractivity contribution is 0.00722. The quantitative estimate of drug-likeness (QED) is 0.226. The van der Waals surface area contributed by atoms with E-state index in [-0.39, 0.29) is 7.43 Å². The highest BCUT2D eigenvalue weighted by Crippen LogP contribution is 2.41. The van der Waals surface area contributed by atoms with Gasteiger partial charge >= 0.3 is 0 Å². The molecule has 300 valence electrons. The minimum absolute atomic E-state index is 0. The van der Waals surface area contributed by atoms with Gasteiger partial charge in [0, 0.05) is 88.7 Å². The molecule has 11 heteroatoms. The Kier molecular flexibility index (Phi) is 11.4. The molecular weight excluding hydrogens is 701 g/mol. The second kappa shape index (κ2) is 16.8. The monoisotopic (exact) mass is 762 g/mol. The van der Waals surface area contributed by atoms with Crippen molar-refractivity contribution in [3.05, 3.63) is 71.1 Å². The first-order valence-electron chi connectivity index (χ1n) is 21.5. The average Bonchev–Trinajstić information content (AvgIpc) is 4.06. The van der Waals surface area contributed by atoms with Crippen molar-refractivity contribution < 1.29 is 14.2 Å². The van der Waals surface area contributed by atoms with Crippen LogP contribution in [0.4, 0.5) is 0 Å². The molecule has 5 fully saturated rings. The number of ether oxygens (including phenoxy) is 3. The molecule has 3 saturated heterocycles. The molecule has 0 atom stereocenters. The number of imidazole rings is 2. The smallest absolute Gasteiger partial charge is 0.156 e. The molecule has 0 spiro atoms. The predicted octanol–water partition coefficient (Wildman–Crippen LogP) is 7.17.